The van der Waals surface area contributed by atoms with Gasteiger partial charge in [0, 0.05) is 36.2 Å². The maximum atomic E-state index is 12.5. The summed E-state index contributed by atoms with van der Waals surface area (Å²) in [5, 5.41) is 2.68. The van der Waals surface area contributed by atoms with Crippen molar-refractivity contribution in [2.24, 2.45) is 0 Å². The van der Waals surface area contributed by atoms with E-state index >= 15 is 0 Å². The Hall–Kier alpha value is -2.14. The molecule has 22 heavy (non-hydrogen) atoms. The van der Waals surface area contributed by atoms with Crippen LogP contribution in [0.25, 0.3) is 0 Å². The Kier molecular flexibility index (Phi) is 5.33. The van der Waals surface area contributed by atoms with E-state index in [1.807, 2.05) is 24.3 Å². The van der Waals surface area contributed by atoms with Gasteiger partial charge in [-0.2, -0.15) is 0 Å². The minimum absolute atomic E-state index is 0.0945. The highest BCUT2D eigenvalue weighted by Crippen LogP contribution is 2.19. The van der Waals surface area contributed by atoms with Crippen LogP contribution in [0.5, 0.6) is 0 Å². The summed E-state index contributed by atoms with van der Waals surface area (Å²) in [5.74, 6) is -0.255. The molecule has 0 fully saturated rings. The standard InChI is InChI=1S/C17H17BrN2O2/c1-12(21)19-15-8-5-7-13(10-15)17(22)20(2)11-14-6-3-4-9-16(14)18/h3-10H,11H2,1-2H3,(H,19,21). The fourth-order valence-electron chi connectivity index (χ4n) is 2.11. The average molecular weight is 361 g/mol. The van der Waals surface area contributed by atoms with E-state index in [0.717, 1.165) is 10.0 Å². The second kappa shape index (κ2) is 7.22. The number of hydrogen-bond acceptors (Lipinski definition) is 2. The molecule has 0 saturated carbocycles. The summed E-state index contributed by atoms with van der Waals surface area (Å²) in [5.41, 5.74) is 2.20. The number of amides is 2. The highest BCUT2D eigenvalue weighted by atomic mass is 79.9. The monoisotopic (exact) mass is 360 g/mol. The molecule has 0 radical (unpaired) electrons. The molecule has 1 N–H and O–H groups in total. The molecule has 0 aliphatic heterocycles. The number of nitrogens with one attached hydrogen (secondary N) is 1. The van der Waals surface area contributed by atoms with Crippen LogP contribution in [0.4, 0.5) is 5.69 Å². The number of benzene rings is 2. The van der Waals surface area contributed by atoms with Crippen LogP contribution >= 0.6 is 15.9 Å². The number of carbonyl (C=O) groups is 2. The zero-order chi connectivity index (χ0) is 16.1. The van der Waals surface area contributed by atoms with Crippen molar-refractivity contribution >= 4 is 33.4 Å². The SMILES string of the molecule is CC(=O)Nc1cccc(C(=O)N(C)Cc2ccccc2Br)c1. The molecule has 0 bridgehead atoms. The molecule has 0 atom stereocenters. The lowest BCUT2D eigenvalue weighted by atomic mass is 10.1. The van der Waals surface area contributed by atoms with Crippen molar-refractivity contribution < 1.29 is 9.59 Å². The van der Waals surface area contributed by atoms with E-state index in [9.17, 15) is 9.59 Å². The van der Waals surface area contributed by atoms with Crippen molar-refractivity contribution in [3.8, 4) is 0 Å². The third-order valence-corrected chi connectivity index (χ3v) is 3.92. The van der Waals surface area contributed by atoms with E-state index in [1.165, 1.54) is 6.92 Å². The van der Waals surface area contributed by atoms with Crippen LogP contribution in [0, 0.1) is 0 Å². The number of hydrogen-bond donors (Lipinski definition) is 1. The van der Waals surface area contributed by atoms with Gasteiger partial charge >= 0.3 is 0 Å². The van der Waals surface area contributed by atoms with Crippen LogP contribution in [0.1, 0.15) is 22.8 Å². The van der Waals surface area contributed by atoms with Gasteiger partial charge in [0.2, 0.25) is 5.91 Å². The maximum absolute atomic E-state index is 12.5. The van der Waals surface area contributed by atoms with E-state index in [0.29, 0.717) is 17.8 Å². The van der Waals surface area contributed by atoms with E-state index in [1.54, 1.807) is 36.2 Å². The molecule has 0 saturated heterocycles. The summed E-state index contributed by atoms with van der Waals surface area (Å²) in [6, 6.07) is 14.7. The Morgan fingerprint density at radius 2 is 1.86 bits per heavy atom. The van der Waals surface area contributed by atoms with Gasteiger partial charge in [-0.15, -0.1) is 0 Å². The molecule has 0 aliphatic carbocycles. The molecular formula is C17H17BrN2O2. The zero-order valence-electron chi connectivity index (χ0n) is 12.5. The van der Waals surface area contributed by atoms with Crippen molar-refractivity contribution in [3.05, 3.63) is 64.1 Å². The van der Waals surface area contributed by atoms with E-state index in [4.69, 9.17) is 0 Å². The fourth-order valence-corrected chi connectivity index (χ4v) is 2.52. The molecule has 2 amide bonds. The van der Waals surface area contributed by atoms with Crippen molar-refractivity contribution in [1.82, 2.24) is 4.90 Å². The summed E-state index contributed by atoms with van der Waals surface area (Å²) < 4.78 is 0.974. The summed E-state index contributed by atoms with van der Waals surface area (Å²) in [6.07, 6.45) is 0. The third kappa shape index (κ3) is 4.18. The van der Waals surface area contributed by atoms with Crippen LogP contribution in [-0.4, -0.2) is 23.8 Å². The van der Waals surface area contributed by atoms with Crippen molar-refractivity contribution in [3.63, 3.8) is 0 Å². The second-order valence-electron chi connectivity index (χ2n) is 5.01. The first-order chi connectivity index (χ1) is 10.5. The van der Waals surface area contributed by atoms with Gasteiger partial charge in [-0.3, -0.25) is 9.59 Å². The molecule has 0 aromatic heterocycles. The first-order valence-corrected chi connectivity index (χ1v) is 7.63. The molecule has 4 nitrogen and oxygen atoms in total. The van der Waals surface area contributed by atoms with Gasteiger partial charge in [0.15, 0.2) is 0 Å². The summed E-state index contributed by atoms with van der Waals surface area (Å²) in [4.78, 5) is 25.2. The fraction of sp³-hybridized carbons (Fsp3) is 0.176. The van der Waals surface area contributed by atoms with Crippen molar-refractivity contribution in [2.45, 2.75) is 13.5 Å². The highest BCUT2D eigenvalue weighted by Gasteiger charge is 2.13. The van der Waals surface area contributed by atoms with Gasteiger partial charge in [0.05, 0.1) is 0 Å². The Labute approximate surface area is 138 Å². The molecular weight excluding hydrogens is 344 g/mol. The van der Waals surface area contributed by atoms with Crippen LogP contribution < -0.4 is 5.32 Å². The van der Waals surface area contributed by atoms with Gasteiger partial charge in [0.25, 0.3) is 5.91 Å². The molecule has 2 aromatic carbocycles. The van der Waals surface area contributed by atoms with Crippen molar-refractivity contribution in [1.29, 1.82) is 0 Å². The number of nitrogens with zero attached hydrogens (tertiary/aromatic N) is 1. The zero-order valence-corrected chi connectivity index (χ0v) is 14.1. The number of carbonyl (C=O) groups excluding carboxylic acids is 2. The van der Waals surface area contributed by atoms with Gasteiger partial charge in [-0.05, 0) is 29.8 Å². The second-order valence-corrected chi connectivity index (χ2v) is 5.87. The number of halogens is 1. The summed E-state index contributed by atoms with van der Waals surface area (Å²) >= 11 is 3.48. The molecule has 0 heterocycles. The Morgan fingerprint density at radius 1 is 1.14 bits per heavy atom. The molecule has 114 valence electrons. The molecule has 0 aliphatic rings. The largest absolute Gasteiger partial charge is 0.337 e. The molecule has 0 unspecified atom stereocenters. The predicted octanol–water partition coefficient (Wildman–Crippen LogP) is 3.68. The molecule has 2 aromatic rings. The first-order valence-electron chi connectivity index (χ1n) is 6.84. The Balaban J connectivity index is 2.13. The molecule has 0 spiro atoms. The van der Waals surface area contributed by atoms with Gasteiger partial charge in [0.1, 0.15) is 0 Å². The minimum Gasteiger partial charge on any atom is -0.337 e. The van der Waals surface area contributed by atoms with E-state index in [2.05, 4.69) is 21.2 Å². The molecule has 5 heteroatoms. The number of rotatable bonds is 4. The van der Waals surface area contributed by atoms with Crippen LogP contribution in [0.15, 0.2) is 53.0 Å². The smallest absolute Gasteiger partial charge is 0.253 e. The lowest BCUT2D eigenvalue weighted by molar-refractivity contribution is -0.114. The van der Waals surface area contributed by atoms with Crippen LogP contribution in [0.2, 0.25) is 0 Å². The Morgan fingerprint density at radius 3 is 2.55 bits per heavy atom. The van der Waals surface area contributed by atoms with Gasteiger partial charge < -0.3 is 10.2 Å². The van der Waals surface area contributed by atoms with Crippen LogP contribution in [0.3, 0.4) is 0 Å². The van der Waals surface area contributed by atoms with E-state index in [-0.39, 0.29) is 11.8 Å². The lowest BCUT2D eigenvalue weighted by Gasteiger charge is -2.18. The quantitative estimate of drug-likeness (QED) is 0.903. The highest BCUT2D eigenvalue weighted by molar-refractivity contribution is 9.10. The third-order valence-electron chi connectivity index (χ3n) is 3.14. The topological polar surface area (TPSA) is 49.4 Å². The van der Waals surface area contributed by atoms with Gasteiger partial charge in [-0.25, -0.2) is 0 Å². The van der Waals surface area contributed by atoms with Gasteiger partial charge in [-0.1, -0.05) is 40.2 Å². The van der Waals surface area contributed by atoms with E-state index < -0.39 is 0 Å². The number of anilines is 1. The first kappa shape index (κ1) is 16.2. The Bertz CT molecular complexity index is 701. The van der Waals surface area contributed by atoms with Crippen LogP contribution in [-0.2, 0) is 11.3 Å². The summed E-state index contributed by atoms with van der Waals surface area (Å²) in [7, 11) is 1.76. The lowest BCUT2D eigenvalue weighted by Crippen LogP contribution is -2.26. The minimum atomic E-state index is -0.161. The maximum Gasteiger partial charge on any atom is 0.253 e. The predicted molar refractivity (Wildman–Crippen MR) is 90.7 cm³/mol. The average Bonchev–Trinajstić information content (AvgIpc) is 2.48. The molecule has 2 rings (SSSR count). The van der Waals surface area contributed by atoms with Crippen molar-refractivity contribution in [2.75, 3.05) is 12.4 Å². The normalized spacial score (nSPS) is 10.1. The summed E-state index contributed by atoms with van der Waals surface area (Å²) in [6.45, 7) is 1.94.